The highest BCUT2D eigenvalue weighted by molar-refractivity contribution is 6.99. The van der Waals surface area contributed by atoms with Gasteiger partial charge in [0, 0.05) is 32.0 Å². The summed E-state index contributed by atoms with van der Waals surface area (Å²) in [4.78, 5) is 44.4. The highest BCUT2D eigenvalue weighted by Crippen LogP contribution is 2.30. The fraction of sp³-hybridized carbons (Fsp3) is 0.646. The Hall–Kier alpha value is -3.71. The summed E-state index contributed by atoms with van der Waals surface area (Å²) in [6.07, 6.45) is 31.6. The van der Waals surface area contributed by atoms with Gasteiger partial charge in [-0.15, -0.1) is 4.37 Å². The molecule has 1 aromatic heterocycles. The van der Waals surface area contributed by atoms with Crippen molar-refractivity contribution >= 4 is 35.0 Å². The molecule has 0 spiro atoms. The Balaban J connectivity index is 1.96. The molecule has 0 aliphatic carbocycles. The lowest BCUT2D eigenvalue weighted by atomic mass is 9.90. The van der Waals surface area contributed by atoms with Crippen molar-refractivity contribution in [2.24, 2.45) is 0 Å². The predicted molar refractivity (Wildman–Crippen MR) is 246 cm³/mol. The molecule has 336 valence electrons. The Bertz CT molecular complexity index is 1600. The molecule has 0 aromatic carbocycles. The van der Waals surface area contributed by atoms with Gasteiger partial charge in [0.2, 0.25) is 11.7 Å². The highest BCUT2D eigenvalue weighted by atomic mass is 32.1. The predicted octanol–water partition coefficient (Wildman–Crippen LogP) is 10.1. The van der Waals surface area contributed by atoms with Gasteiger partial charge in [0.15, 0.2) is 11.6 Å². The van der Waals surface area contributed by atoms with Crippen LogP contribution in [0, 0.1) is 0 Å². The number of hydrogen-bond donors (Lipinski definition) is 0. The smallest absolute Gasteiger partial charge is 0.270 e. The minimum absolute atomic E-state index is 0.0283. The van der Waals surface area contributed by atoms with E-state index in [0.29, 0.717) is 63.7 Å². The first-order valence-electron chi connectivity index (χ1n) is 22.0. The minimum Gasteiger partial charge on any atom is -0.472 e. The second kappa shape index (κ2) is 28.0. The van der Waals surface area contributed by atoms with E-state index in [-0.39, 0.29) is 30.6 Å². The van der Waals surface area contributed by atoms with Crippen LogP contribution in [0.1, 0.15) is 133 Å². The molecule has 1 aromatic rings. The summed E-state index contributed by atoms with van der Waals surface area (Å²) >= 11 is 1.06. The van der Waals surface area contributed by atoms with Crippen LogP contribution in [0.15, 0.2) is 72.9 Å². The Morgan fingerprint density at radius 2 is 1.28 bits per heavy atom. The third-order valence-corrected chi connectivity index (χ3v) is 11.1. The molecule has 11 nitrogen and oxygen atoms in total. The number of ether oxygens (including phenoxy) is 4. The van der Waals surface area contributed by atoms with Crippen molar-refractivity contribution in [3.05, 3.63) is 72.9 Å². The Morgan fingerprint density at radius 1 is 0.767 bits per heavy atom. The summed E-state index contributed by atoms with van der Waals surface area (Å²) in [6, 6.07) is 0. The van der Waals surface area contributed by atoms with Crippen LogP contribution in [-0.4, -0.2) is 99.5 Å². The molecule has 2 heterocycles. The molecule has 1 amide bonds. The first-order chi connectivity index (χ1) is 28.6. The number of morpholine rings is 1. The summed E-state index contributed by atoms with van der Waals surface area (Å²) in [6.45, 7) is 21.2. The average molecular weight is 853 g/mol. The zero-order valence-corrected chi connectivity index (χ0v) is 39.3. The number of hydrogen-bond acceptors (Lipinski definition) is 11. The van der Waals surface area contributed by atoms with Crippen LogP contribution in [-0.2, 0) is 28.6 Å². The second-order valence-electron chi connectivity index (χ2n) is 16.5. The van der Waals surface area contributed by atoms with E-state index in [1.165, 1.54) is 6.92 Å². The number of allylic oxidation sites excluding steroid dienone is 12. The minimum atomic E-state index is -1.30. The lowest BCUT2D eigenvalue weighted by molar-refractivity contribution is -0.178. The van der Waals surface area contributed by atoms with Gasteiger partial charge in [0.05, 0.1) is 31.5 Å². The number of rotatable bonds is 29. The lowest BCUT2D eigenvalue weighted by Crippen LogP contribution is -2.54. The molecule has 0 radical (unpaired) electrons. The topological polar surface area (TPSA) is 120 Å². The average Bonchev–Trinajstić information content (AvgIpc) is 3.70. The fourth-order valence-electron chi connectivity index (χ4n) is 6.63. The molecule has 0 bridgehead atoms. The van der Waals surface area contributed by atoms with Gasteiger partial charge >= 0.3 is 0 Å². The SMILES string of the molecule is CC/C=C\C/C=C\C/C=C\C/C=C\C/C=C\C/C=C\CCC(=O)C(C)(CC)OC(C)C(=O)C(C)(CC)O[C@H](COc1nsnc1N1CCOCC1)CN(C(C)=O)C(C)(C)C. The number of carbonyl (C=O) groups excluding carboxylic acids is 3. The number of ketones is 2. The van der Waals surface area contributed by atoms with E-state index >= 15 is 0 Å². The number of Topliss-reactive ketones (excluding diaryl/α,β-unsaturated/α-hetero) is 2. The van der Waals surface area contributed by atoms with E-state index in [1.54, 1.807) is 25.7 Å². The Labute approximate surface area is 366 Å². The van der Waals surface area contributed by atoms with E-state index in [9.17, 15) is 14.4 Å². The lowest BCUT2D eigenvalue weighted by Gasteiger charge is -2.40. The van der Waals surface area contributed by atoms with Crippen LogP contribution < -0.4 is 9.64 Å². The largest absolute Gasteiger partial charge is 0.472 e. The van der Waals surface area contributed by atoms with E-state index < -0.39 is 28.9 Å². The molecule has 2 rings (SSSR count). The van der Waals surface area contributed by atoms with Gasteiger partial charge in [-0.1, -0.05) is 93.7 Å². The van der Waals surface area contributed by atoms with Crippen molar-refractivity contribution in [3.8, 4) is 5.88 Å². The van der Waals surface area contributed by atoms with Gasteiger partial charge < -0.3 is 28.7 Å². The van der Waals surface area contributed by atoms with Crippen LogP contribution in [0.25, 0.3) is 0 Å². The van der Waals surface area contributed by atoms with Crippen molar-refractivity contribution in [1.82, 2.24) is 13.6 Å². The van der Waals surface area contributed by atoms with Crippen molar-refractivity contribution in [2.75, 3.05) is 44.4 Å². The first-order valence-corrected chi connectivity index (χ1v) is 22.7. The second-order valence-corrected chi connectivity index (χ2v) is 17.0. The molecular formula is C48H76N4O7S. The molecule has 4 atom stereocenters. The monoisotopic (exact) mass is 853 g/mol. The molecule has 1 saturated heterocycles. The number of amides is 1. The zero-order chi connectivity index (χ0) is 44.4. The van der Waals surface area contributed by atoms with Crippen molar-refractivity contribution in [3.63, 3.8) is 0 Å². The number of aromatic nitrogens is 2. The number of nitrogens with zero attached hydrogens (tertiary/aromatic N) is 4. The van der Waals surface area contributed by atoms with Crippen LogP contribution in [0.5, 0.6) is 5.88 Å². The van der Waals surface area contributed by atoms with Gasteiger partial charge in [0.1, 0.15) is 30.0 Å². The van der Waals surface area contributed by atoms with E-state index in [4.69, 9.17) is 18.9 Å². The standard InChI is InChI=1S/C48H76N4O7S/c1-11-14-15-16-17-18-19-20-21-22-23-24-25-26-27-28-29-30-31-32-42(54)47(9,12-2)58-39(4)43(55)48(10,13-3)59-41(37-52(40(5)53)46(6,7)8)38-57-45-44(49-60-50-45)51-33-35-56-36-34-51/h14-15,17-18,20-21,23-24,26-27,29-30,39,41H,11-13,16,19,22,25,28,31-38H2,1-10H3/b15-14-,18-17-,21-20-,24-23-,27-26-,30-29-/t39?,41-,47?,48?/m0/s1. The van der Waals surface area contributed by atoms with Crippen LogP contribution in [0.2, 0.25) is 0 Å². The Morgan fingerprint density at radius 3 is 1.77 bits per heavy atom. The van der Waals surface area contributed by atoms with Gasteiger partial charge in [-0.25, -0.2) is 0 Å². The van der Waals surface area contributed by atoms with E-state index in [0.717, 1.165) is 50.3 Å². The highest BCUT2D eigenvalue weighted by Gasteiger charge is 2.43. The zero-order valence-electron chi connectivity index (χ0n) is 38.5. The molecule has 1 aliphatic heterocycles. The molecule has 1 fully saturated rings. The van der Waals surface area contributed by atoms with Crippen molar-refractivity contribution < 1.29 is 33.3 Å². The quantitative estimate of drug-likeness (QED) is 0.0721. The van der Waals surface area contributed by atoms with Crippen LogP contribution in [0.3, 0.4) is 0 Å². The van der Waals surface area contributed by atoms with Crippen LogP contribution in [0.4, 0.5) is 5.82 Å². The maximum Gasteiger partial charge on any atom is 0.270 e. The summed E-state index contributed by atoms with van der Waals surface area (Å²) < 4.78 is 33.6. The molecular weight excluding hydrogens is 777 g/mol. The molecule has 0 N–H and O–H groups in total. The summed E-state index contributed by atoms with van der Waals surface area (Å²) in [5.74, 6) is 0.562. The number of anilines is 1. The Kier molecular flexibility index (Phi) is 24.5. The number of carbonyl (C=O) groups is 3. The van der Waals surface area contributed by atoms with E-state index in [2.05, 4.69) is 87.4 Å². The van der Waals surface area contributed by atoms with E-state index in [1.807, 2.05) is 40.7 Å². The summed E-state index contributed by atoms with van der Waals surface area (Å²) in [7, 11) is 0. The maximum absolute atomic E-state index is 14.2. The maximum atomic E-state index is 14.2. The third-order valence-electron chi connectivity index (χ3n) is 10.6. The van der Waals surface area contributed by atoms with Gasteiger partial charge in [0.25, 0.3) is 5.88 Å². The summed E-state index contributed by atoms with van der Waals surface area (Å²) in [5.41, 5.74) is -2.95. The molecule has 60 heavy (non-hydrogen) atoms. The van der Waals surface area contributed by atoms with Gasteiger partial charge in [-0.3, -0.25) is 14.4 Å². The van der Waals surface area contributed by atoms with Crippen LogP contribution >= 0.6 is 11.7 Å². The van der Waals surface area contributed by atoms with Gasteiger partial charge in [-0.05, 0) is 99.3 Å². The molecule has 12 heteroatoms. The van der Waals surface area contributed by atoms with Crippen molar-refractivity contribution in [2.45, 2.75) is 162 Å². The molecule has 1 aliphatic rings. The first kappa shape index (κ1) is 52.4. The molecule has 3 unspecified atom stereocenters. The fourth-order valence-corrected chi connectivity index (χ4v) is 7.15. The van der Waals surface area contributed by atoms with Gasteiger partial charge in [-0.2, -0.15) is 4.37 Å². The summed E-state index contributed by atoms with van der Waals surface area (Å²) in [5, 5.41) is 0. The molecule has 0 saturated carbocycles. The normalized spacial score (nSPS) is 17.3. The third kappa shape index (κ3) is 18.9. The van der Waals surface area contributed by atoms with Crippen molar-refractivity contribution in [1.29, 1.82) is 0 Å².